The number of aryl methyl sites for hydroxylation is 1. The Bertz CT molecular complexity index is 586. The summed E-state index contributed by atoms with van der Waals surface area (Å²) in [6.07, 6.45) is 20.0. The van der Waals surface area contributed by atoms with Crippen LogP contribution < -0.4 is 4.57 Å². The van der Waals surface area contributed by atoms with Gasteiger partial charge in [0, 0.05) is 6.92 Å². The van der Waals surface area contributed by atoms with Crippen molar-refractivity contribution in [3.8, 4) is 0 Å². The van der Waals surface area contributed by atoms with Gasteiger partial charge in [0.1, 0.15) is 18.9 Å². The molecule has 2 aromatic rings. The van der Waals surface area contributed by atoms with Crippen LogP contribution in [0.4, 0.5) is 0 Å². The van der Waals surface area contributed by atoms with Gasteiger partial charge in [-0.2, -0.15) is 0 Å². The molecule has 0 saturated carbocycles. The summed E-state index contributed by atoms with van der Waals surface area (Å²) in [4.78, 5) is 0. The second kappa shape index (κ2) is 12.7. The lowest BCUT2D eigenvalue weighted by atomic mass is 10.1. The highest BCUT2D eigenvalue weighted by Gasteiger charge is 2.11. The van der Waals surface area contributed by atoms with Gasteiger partial charge < -0.3 is 0 Å². The highest BCUT2D eigenvalue weighted by atomic mass is 15.1. The van der Waals surface area contributed by atoms with E-state index in [-0.39, 0.29) is 0 Å². The van der Waals surface area contributed by atoms with Crippen LogP contribution in [0.3, 0.4) is 0 Å². The van der Waals surface area contributed by atoms with Crippen molar-refractivity contribution in [2.75, 3.05) is 0 Å². The Morgan fingerprint density at radius 1 is 0.769 bits per heavy atom. The smallest absolute Gasteiger partial charge is 0.234 e. The summed E-state index contributed by atoms with van der Waals surface area (Å²) in [5.41, 5.74) is 1.37. The number of imidazole rings is 1. The first-order valence-corrected chi connectivity index (χ1v) is 10.9. The minimum absolute atomic E-state index is 0.970. The molecule has 0 radical (unpaired) electrons. The van der Waals surface area contributed by atoms with Crippen molar-refractivity contribution < 1.29 is 4.57 Å². The van der Waals surface area contributed by atoms with Gasteiger partial charge >= 0.3 is 0 Å². The molecule has 0 fully saturated rings. The lowest BCUT2D eigenvalue weighted by molar-refractivity contribution is -0.694. The second-order valence-electron chi connectivity index (χ2n) is 7.69. The second-order valence-corrected chi connectivity index (χ2v) is 7.69. The molecule has 26 heavy (non-hydrogen) atoms. The standard InChI is InChI=1S/C24H39N2/c1-3-4-5-6-7-8-9-10-11-12-16-19-25-20-21-26(23(25)2)22-24-17-14-13-15-18-24/h13-15,17-18,20-21H,3-12,16,19,22H2,1-2H3/q+1. The predicted octanol–water partition coefficient (Wildman–Crippen LogP) is 6.44. The molecule has 0 bridgehead atoms. The Balaban J connectivity index is 1.55. The molecule has 0 N–H and O–H groups in total. The van der Waals surface area contributed by atoms with Crippen molar-refractivity contribution in [2.24, 2.45) is 0 Å². The number of unbranched alkanes of at least 4 members (excludes halogenated alkanes) is 10. The molecular formula is C24H39N2+. The third-order valence-corrected chi connectivity index (χ3v) is 5.46. The van der Waals surface area contributed by atoms with E-state index >= 15 is 0 Å². The van der Waals surface area contributed by atoms with Crippen molar-refractivity contribution in [1.29, 1.82) is 0 Å². The summed E-state index contributed by atoms with van der Waals surface area (Å²) in [6, 6.07) is 10.7. The molecule has 2 nitrogen and oxygen atoms in total. The number of benzene rings is 1. The van der Waals surface area contributed by atoms with Gasteiger partial charge in [-0.15, -0.1) is 0 Å². The van der Waals surface area contributed by atoms with Crippen LogP contribution in [0.1, 0.15) is 88.9 Å². The minimum atomic E-state index is 0.970. The van der Waals surface area contributed by atoms with E-state index in [2.05, 4.69) is 65.7 Å². The first-order chi connectivity index (χ1) is 12.8. The van der Waals surface area contributed by atoms with Crippen LogP contribution in [-0.4, -0.2) is 4.57 Å². The summed E-state index contributed by atoms with van der Waals surface area (Å²) in [7, 11) is 0. The van der Waals surface area contributed by atoms with Crippen molar-refractivity contribution >= 4 is 0 Å². The Kier molecular flexibility index (Phi) is 10.2. The first-order valence-electron chi connectivity index (χ1n) is 10.9. The van der Waals surface area contributed by atoms with Gasteiger partial charge in [-0.25, -0.2) is 9.13 Å². The van der Waals surface area contributed by atoms with Crippen molar-refractivity contribution in [3.63, 3.8) is 0 Å². The quantitative estimate of drug-likeness (QED) is 0.272. The first kappa shape index (κ1) is 20.7. The average molecular weight is 356 g/mol. The lowest BCUT2D eigenvalue weighted by Gasteiger charge is -2.03. The molecule has 2 rings (SSSR count). The van der Waals surface area contributed by atoms with Gasteiger partial charge in [0.15, 0.2) is 0 Å². The summed E-state index contributed by atoms with van der Waals surface area (Å²) in [5, 5.41) is 0. The van der Waals surface area contributed by atoms with Gasteiger partial charge in [-0.05, 0) is 18.4 Å². The zero-order valence-corrected chi connectivity index (χ0v) is 17.1. The fourth-order valence-electron chi connectivity index (χ4n) is 3.67. The maximum Gasteiger partial charge on any atom is 0.253 e. The van der Waals surface area contributed by atoms with Crippen molar-refractivity contribution in [3.05, 3.63) is 54.1 Å². The van der Waals surface area contributed by atoms with E-state index in [1.54, 1.807) is 0 Å². The molecule has 0 amide bonds. The topological polar surface area (TPSA) is 8.81 Å². The molecule has 1 aromatic carbocycles. The van der Waals surface area contributed by atoms with Crippen molar-refractivity contribution in [1.82, 2.24) is 4.57 Å². The molecule has 0 aliphatic carbocycles. The fourth-order valence-corrected chi connectivity index (χ4v) is 3.67. The van der Waals surface area contributed by atoms with Crippen LogP contribution in [0.15, 0.2) is 42.7 Å². The third-order valence-electron chi connectivity index (χ3n) is 5.46. The van der Waals surface area contributed by atoms with Gasteiger partial charge in [0.2, 0.25) is 0 Å². The monoisotopic (exact) mass is 355 g/mol. The predicted molar refractivity (Wildman–Crippen MR) is 111 cm³/mol. The maximum absolute atomic E-state index is 2.41. The largest absolute Gasteiger partial charge is 0.253 e. The molecule has 0 unspecified atom stereocenters. The van der Waals surface area contributed by atoms with E-state index in [4.69, 9.17) is 0 Å². The van der Waals surface area contributed by atoms with Crippen LogP contribution in [0.25, 0.3) is 0 Å². The minimum Gasteiger partial charge on any atom is -0.234 e. The van der Waals surface area contributed by atoms with E-state index in [0.717, 1.165) is 13.1 Å². The zero-order valence-electron chi connectivity index (χ0n) is 17.1. The van der Waals surface area contributed by atoms with Crippen LogP contribution >= 0.6 is 0 Å². The third kappa shape index (κ3) is 7.76. The summed E-state index contributed by atoms with van der Waals surface area (Å²) >= 11 is 0. The van der Waals surface area contributed by atoms with E-state index < -0.39 is 0 Å². The molecule has 0 saturated heterocycles. The molecular weight excluding hydrogens is 316 g/mol. The molecule has 1 aromatic heterocycles. The maximum atomic E-state index is 2.41. The van der Waals surface area contributed by atoms with E-state index in [1.807, 2.05) is 0 Å². The zero-order chi connectivity index (χ0) is 18.5. The molecule has 0 spiro atoms. The molecule has 0 aliphatic rings. The Hall–Kier alpha value is -1.57. The lowest BCUT2D eigenvalue weighted by Crippen LogP contribution is -2.36. The van der Waals surface area contributed by atoms with Crippen LogP contribution in [0.5, 0.6) is 0 Å². The van der Waals surface area contributed by atoms with Gasteiger partial charge in [-0.3, -0.25) is 0 Å². The van der Waals surface area contributed by atoms with Crippen molar-refractivity contribution in [2.45, 2.75) is 97.6 Å². The molecule has 1 heterocycles. The molecule has 0 atom stereocenters. The normalized spacial score (nSPS) is 11.2. The summed E-state index contributed by atoms with van der Waals surface area (Å²) in [5.74, 6) is 1.36. The Morgan fingerprint density at radius 3 is 1.96 bits per heavy atom. The number of rotatable bonds is 14. The summed E-state index contributed by atoms with van der Waals surface area (Å²) < 4.78 is 4.77. The van der Waals surface area contributed by atoms with E-state index in [1.165, 1.54) is 82.0 Å². The SMILES string of the molecule is CCCCCCCCCCCCCn1cc[n+](Cc2ccccc2)c1C. The number of hydrogen-bond donors (Lipinski definition) is 0. The molecule has 0 aliphatic heterocycles. The van der Waals surface area contributed by atoms with Crippen LogP contribution in [0, 0.1) is 6.92 Å². The highest BCUT2D eigenvalue weighted by Crippen LogP contribution is 2.12. The Labute approximate surface area is 161 Å². The van der Waals surface area contributed by atoms with Crippen LogP contribution in [0.2, 0.25) is 0 Å². The van der Waals surface area contributed by atoms with Gasteiger partial charge in [-0.1, -0.05) is 95.0 Å². The van der Waals surface area contributed by atoms with E-state index in [9.17, 15) is 0 Å². The highest BCUT2D eigenvalue weighted by molar-refractivity contribution is 5.13. The fraction of sp³-hybridized carbons (Fsp3) is 0.625. The average Bonchev–Trinajstić information content (AvgIpc) is 3.00. The van der Waals surface area contributed by atoms with E-state index in [0.29, 0.717) is 0 Å². The van der Waals surface area contributed by atoms with Crippen LogP contribution in [-0.2, 0) is 13.1 Å². The molecule has 144 valence electrons. The van der Waals surface area contributed by atoms with Gasteiger partial charge in [0.05, 0.1) is 6.54 Å². The Morgan fingerprint density at radius 2 is 1.35 bits per heavy atom. The summed E-state index contributed by atoms with van der Waals surface area (Å²) in [6.45, 7) is 6.65. The number of hydrogen-bond acceptors (Lipinski definition) is 0. The van der Waals surface area contributed by atoms with Gasteiger partial charge in [0.25, 0.3) is 5.82 Å². The number of aromatic nitrogens is 2. The molecule has 2 heteroatoms. The number of nitrogens with zero attached hydrogens (tertiary/aromatic N) is 2.